The van der Waals surface area contributed by atoms with E-state index in [0.717, 1.165) is 25.7 Å². The fourth-order valence-corrected chi connectivity index (χ4v) is 3.16. The van der Waals surface area contributed by atoms with Gasteiger partial charge in [-0.25, -0.2) is 18.1 Å². The van der Waals surface area contributed by atoms with Crippen LogP contribution in [-0.2, 0) is 10.0 Å². The van der Waals surface area contributed by atoms with Crippen molar-refractivity contribution in [2.24, 2.45) is 0 Å². The maximum atomic E-state index is 11.8. The molecule has 112 valence electrons. The lowest BCUT2D eigenvalue weighted by molar-refractivity contribution is 0.138. The van der Waals surface area contributed by atoms with E-state index < -0.39 is 15.3 Å². The predicted molar refractivity (Wildman–Crippen MR) is 75.9 cm³/mol. The molecule has 0 radical (unpaired) electrons. The quantitative estimate of drug-likeness (QED) is 0.891. The summed E-state index contributed by atoms with van der Waals surface area (Å²) >= 11 is 0. The Morgan fingerprint density at radius 2 is 1.95 bits per heavy atom. The average molecular weight is 299 g/mol. The highest BCUT2D eigenvalue weighted by Crippen LogP contribution is 2.23. The van der Waals surface area contributed by atoms with E-state index in [9.17, 15) is 8.42 Å². The van der Waals surface area contributed by atoms with Crippen molar-refractivity contribution < 1.29 is 13.2 Å². The maximum Gasteiger partial charge on any atom is 0.232 e. The second kappa shape index (κ2) is 6.49. The Morgan fingerprint density at radius 1 is 1.25 bits per heavy atom. The first-order valence-electron chi connectivity index (χ1n) is 6.91. The second-order valence-corrected chi connectivity index (χ2v) is 7.62. The molecule has 1 fully saturated rings. The van der Waals surface area contributed by atoms with Gasteiger partial charge in [-0.15, -0.1) is 0 Å². The zero-order valence-electron chi connectivity index (χ0n) is 11.8. The van der Waals surface area contributed by atoms with Crippen LogP contribution in [0.1, 0.15) is 39.5 Å². The van der Waals surface area contributed by atoms with Crippen LogP contribution in [0.15, 0.2) is 18.6 Å². The van der Waals surface area contributed by atoms with E-state index in [-0.39, 0.29) is 12.1 Å². The van der Waals surface area contributed by atoms with Crippen molar-refractivity contribution >= 4 is 10.0 Å². The normalized spacial score (nSPS) is 23.8. The predicted octanol–water partition coefficient (Wildman–Crippen LogP) is 1.49. The Balaban J connectivity index is 1.81. The number of hydrogen-bond acceptors (Lipinski definition) is 5. The smallest absolute Gasteiger partial charge is 0.232 e. The largest absolute Gasteiger partial charge is 0.473 e. The number of rotatable bonds is 5. The van der Waals surface area contributed by atoms with Crippen LogP contribution in [0, 0.1) is 0 Å². The van der Waals surface area contributed by atoms with E-state index in [4.69, 9.17) is 4.74 Å². The fraction of sp³-hybridized carbons (Fsp3) is 0.692. The van der Waals surface area contributed by atoms with Crippen molar-refractivity contribution in [1.82, 2.24) is 14.7 Å². The number of ether oxygens (including phenoxy) is 1. The molecular formula is C13H21N3O3S. The molecule has 1 aromatic heterocycles. The summed E-state index contributed by atoms with van der Waals surface area (Å²) in [6.07, 6.45) is 8.10. The number of sulfonamides is 1. The molecular weight excluding hydrogens is 278 g/mol. The number of aromatic nitrogens is 2. The molecule has 1 aromatic rings. The van der Waals surface area contributed by atoms with Gasteiger partial charge >= 0.3 is 0 Å². The van der Waals surface area contributed by atoms with Gasteiger partial charge < -0.3 is 4.74 Å². The number of hydrogen-bond donors (Lipinski definition) is 1. The van der Waals surface area contributed by atoms with Gasteiger partial charge in [-0.3, -0.25) is 4.98 Å². The molecule has 20 heavy (non-hydrogen) atoms. The summed E-state index contributed by atoms with van der Waals surface area (Å²) in [5, 5.41) is -0.393. The molecule has 6 nitrogen and oxygen atoms in total. The molecule has 2 rings (SSSR count). The Kier molecular flexibility index (Phi) is 4.93. The van der Waals surface area contributed by atoms with Crippen LogP contribution in [-0.4, -0.2) is 35.8 Å². The highest BCUT2D eigenvalue weighted by molar-refractivity contribution is 7.90. The molecule has 0 atom stereocenters. The monoisotopic (exact) mass is 299 g/mol. The molecule has 0 spiro atoms. The van der Waals surface area contributed by atoms with Gasteiger partial charge in [0.05, 0.1) is 11.4 Å². The number of nitrogens with one attached hydrogen (secondary N) is 1. The van der Waals surface area contributed by atoms with E-state index in [1.165, 1.54) is 0 Å². The summed E-state index contributed by atoms with van der Waals surface area (Å²) in [6, 6.07) is 0.0177. The Labute approximate surface area is 120 Å². The van der Waals surface area contributed by atoms with Crippen molar-refractivity contribution in [2.45, 2.75) is 56.9 Å². The summed E-state index contributed by atoms with van der Waals surface area (Å²) in [7, 11) is -3.19. The molecule has 1 aliphatic rings. The molecule has 1 aliphatic carbocycles. The van der Waals surface area contributed by atoms with Crippen LogP contribution >= 0.6 is 0 Å². The van der Waals surface area contributed by atoms with E-state index in [1.807, 2.05) is 0 Å². The van der Waals surface area contributed by atoms with Gasteiger partial charge in [0.25, 0.3) is 0 Å². The molecule has 0 bridgehead atoms. The standard InChI is InChI=1S/C13H21N3O3S/c1-10(2)20(17,18)16-11-3-5-12(6-4-11)19-13-9-14-7-8-15-13/h7-12,16H,3-6H2,1-2H3. The van der Waals surface area contributed by atoms with Crippen LogP contribution in [0.2, 0.25) is 0 Å². The summed E-state index contributed by atoms with van der Waals surface area (Å²) in [5.74, 6) is 0.527. The first-order valence-corrected chi connectivity index (χ1v) is 8.46. The van der Waals surface area contributed by atoms with Gasteiger partial charge in [0.15, 0.2) is 0 Å². The van der Waals surface area contributed by atoms with Crippen LogP contribution in [0.25, 0.3) is 0 Å². The van der Waals surface area contributed by atoms with Crippen molar-refractivity contribution in [3.05, 3.63) is 18.6 Å². The molecule has 1 N–H and O–H groups in total. The summed E-state index contributed by atoms with van der Waals surface area (Å²) in [6.45, 7) is 3.37. The molecule has 0 amide bonds. The van der Waals surface area contributed by atoms with E-state index >= 15 is 0 Å². The molecule has 7 heteroatoms. The van der Waals surface area contributed by atoms with Gasteiger partial charge in [-0.2, -0.15) is 0 Å². The topological polar surface area (TPSA) is 81.2 Å². The number of nitrogens with zero attached hydrogens (tertiary/aromatic N) is 2. The van der Waals surface area contributed by atoms with Gasteiger partial charge in [-0.1, -0.05) is 0 Å². The first-order chi connectivity index (χ1) is 9.47. The summed E-state index contributed by atoms with van der Waals surface area (Å²) in [5.41, 5.74) is 0. The van der Waals surface area contributed by atoms with Crippen molar-refractivity contribution in [3.8, 4) is 5.88 Å². The first kappa shape index (κ1) is 15.2. The van der Waals surface area contributed by atoms with Crippen LogP contribution < -0.4 is 9.46 Å². The fourth-order valence-electron chi connectivity index (χ4n) is 2.18. The Morgan fingerprint density at radius 3 is 2.50 bits per heavy atom. The third kappa shape index (κ3) is 4.14. The Hall–Kier alpha value is -1.21. The minimum atomic E-state index is -3.19. The molecule has 1 heterocycles. The third-order valence-corrected chi connectivity index (χ3v) is 5.36. The Bertz CT molecular complexity index is 511. The second-order valence-electron chi connectivity index (χ2n) is 5.35. The van der Waals surface area contributed by atoms with E-state index in [2.05, 4.69) is 14.7 Å². The lowest BCUT2D eigenvalue weighted by Crippen LogP contribution is -2.42. The highest BCUT2D eigenvalue weighted by Gasteiger charge is 2.27. The minimum absolute atomic E-state index is 0.0177. The minimum Gasteiger partial charge on any atom is -0.473 e. The highest BCUT2D eigenvalue weighted by atomic mass is 32.2. The van der Waals surface area contributed by atoms with E-state index in [0.29, 0.717) is 5.88 Å². The van der Waals surface area contributed by atoms with Gasteiger partial charge in [0.2, 0.25) is 15.9 Å². The lowest BCUT2D eigenvalue weighted by Gasteiger charge is -2.29. The average Bonchev–Trinajstić information content (AvgIpc) is 2.42. The van der Waals surface area contributed by atoms with Crippen LogP contribution in [0.4, 0.5) is 0 Å². The molecule has 0 saturated heterocycles. The van der Waals surface area contributed by atoms with E-state index in [1.54, 1.807) is 32.4 Å². The van der Waals surface area contributed by atoms with Crippen molar-refractivity contribution in [1.29, 1.82) is 0 Å². The summed E-state index contributed by atoms with van der Waals surface area (Å²) in [4.78, 5) is 8.03. The lowest BCUT2D eigenvalue weighted by atomic mass is 9.94. The molecule has 0 aromatic carbocycles. The van der Waals surface area contributed by atoms with Gasteiger partial charge in [0.1, 0.15) is 6.10 Å². The molecule has 1 saturated carbocycles. The van der Waals surface area contributed by atoms with Crippen LogP contribution in [0.3, 0.4) is 0 Å². The zero-order chi connectivity index (χ0) is 14.6. The zero-order valence-corrected chi connectivity index (χ0v) is 12.6. The SMILES string of the molecule is CC(C)S(=O)(=O)NC1CCC(Oc2cnccn2)CC1. The van der Waals surface area contributed by atoms with Crippen molar-refractivity contribution in [3.63, 3.8) is 0 Å². The van der Waals surface area contributed by atoms with Crippen LogP contribution in [0.5, 0.6) is 5.88 Å². The maximum absolute atomic E-state index is 11.8. The third-order valence-electron chi connectivity index (χ3n) is 3.45. The van der Waals surface area contributed by atoms with Crippen molar-refractivity contribution in [2.75, 3.05) is 0 Å². The molecule has 0 unspecified atom stereocenters. The van der Waals surface area contributed by atoms with Gasteiger partial charge in [0, 0.05) is 18.4 Å². The summed E-state index contributed by atoms with van der Waals surface area (Å²) < 4.78 is 32.1. The van der Waals surface area contributed by atoms with Gasteiger partial charge in [-0.05, 0) is 39.5 Å². The molecule has 0 aliphatic heterocycles.